The molecule has 4 nitrogen and oxygen atoms in total. The number of anilines is 1. The Morgan fingerprint density at radius 3 is 2.64 bits per heavy atom. The number of fused-ring (bicyclic) bond motifs is 1. The van der Waals surface area contributed by atoms with Gasteiger partial charge in [0.25, 0.3) is 0 Å². The summed E-state index contributed by atoms with van der Waals surface area (Å²) >= 11 is 3.56. The molecule has 25 heavy (non-hydrogen) atoms. The molecule has 1 atom stereocenters. The van der Waals surface area contributed by atoms with Crippen molar-refractivity contribution in [2.75, 3.05) is 5.32 Å². The molecule has 4 rings (SSSR count). The van der Waals surface area contributed by atoms with Crippen LogP contribution >= 0.6 is 15.9 Å². The molecule has 1 aliphatic heterocycles. The summed E-state index contributed by atoms with van der Waals surface area (Å²) in [7, 11) is 0. The summed E-state index contributed by atoms with van der Waals surface area (Å²) in [4.78, 5) is 4.36. The summed E-state index contributed by atoms with van der Waals surface area (Å²) in [5.74, 6) is 1.29. The van der Waals surface area contributed by atoms with Gasteiger partial charge in [-0.1, -0.05) is 66.2 Å². The van der Waals surface area contributed by atoms with Gasteiger partial charge in [0.2, 0.25) is 5.95 Å². The fourth-order valence-electron chi connectivity index (χ4n) is 3.08. The van der Waals surface area contributed by atoms with Crippen molar-refractivity contribution in [1.29, 1.82) is 0 Å². The van der Waals surface area contributed by atoms with Crippen LogP contribution in [-0.2, 0) is 0 Å². The molecule has 0 radical (unpaired) electrons. The Morgan fingerprint density at radius 1 is 1.12 bits per heavy atom. The summed E-state index contributed by atoms with van der Waals surface area (Å²) in [6.07, 6.45) is 3.79. The highest BCUT2D eigenvalue weighted by atomic mass is 79.9. The van der Waals surface area contributed by atoms with Gasteiger partial charge in [-0.2, -0.15) is 10.1 Å². The highest BCUT2D eigenvalue weighted by Crippen LogP contribution is 2.33. The van der Waals surface area contributed by atoms with Crippen molar-refractivity contribution in [2.24, 2.45) is 0 Å². The van der Waals surface area contributed by atoms with E-state index in [9.17, 15) is 0 Å². The molecule has 0 fully saturated rings. The van der Waals surface area contributed by atoms with Gasteiger partial charge in [0.05, 0.1) is 0 Å². The molecule has 0 spiro atoms. The average Bonchev–Trinajstić information content (AvgIpc) is 3.09. The van der Waals surface area contributed by atoms with Crippen LogP contribution < -0.4 is 5.32 Å². The predicted molar refractivity (Wildman–Crippen MR) is 104 cm³/mol. The zero-order valence-electron chi connectivity index (χ0n) is 14.1. The number of rotatable bonds is 3. The summed E-state index contributed by atoms with van der Waals surface area (Å²) in [5.41, 5.74) is 4.71. The van der Waals surface area contributed by atoms with E-state index in [1.807, 2.05) is 16.8 Å². The first-order chi connectivity index (χ1) is 12.1. The van der Waals surface area contributed by atoms with Gasteiger partial charge in [0.15, 0.2) is 0 Å². The fourth-order valence-corrected chi connectivity index (χ4v) is 3.49. The Kier molecular flexibility index (Phi) is 4.17. The molecule has 0 bridgehead atoms. The monoisotopic (exact) mass is 394 g/mol. The molecule has 1 aromatic heterocycles. The smallest absolute Gasteiger partial charge is 0.226 e. The minimum Gasteiger partial charge on any atom is -0.324 e. The minimum atomic E-state index is 0.0102. The number of nitrogens with zero attached hydrogens (tertiary/aromatic N) is 3. The second-order valence-corrected chi connectivity index (χ2v) is 7.43. The molecule has 0 aliphatic carbocycles. The fraction of sp³-hybridized carbons (Fsp3) is 0.200. The summed E-state index contributed by atoms with van der Waals surface area (Å²) in [5, 5.41) is 7.79. The molecule has 0 unspecified atom stereocenters. The van der Waals surface area contributed by atoms with Gasteiger partial charge in [-0.3, -0.25) is 0 Å². The van der Waals surface area contributed by atoms with Crippen LogP contribution in [0.1, 0.15) is 42.5 Å². The number of nitrogens with one attached hydrogen (secondary N) is 1. The molecule has 1 N–H and O–H groups in total. The maximum atomic E-state index is 4.39. The number of benzene rings is 2. The molecule has 0 amide bonds. The van der Waals surface area contributed by atoms with Crippen molar-refractivity contribution in [1.82, 2.24) is 14.8 Å². The topological polar surface area (TPSA) is 42.7 Å². The van der Waals surface area contributed by atoms with E-state index in [4.69, 9.17) is 0 Å². The third-order valence-electron chi connectivity index (χ3n) is 4.49. The van der Waals surface area contributed by atoms with Gasteiger partial charge in [-0.25, -0.2) is 4.68 Å². The first-order valence-electron chi connectivity index (χ1n) is 8.36. The lowest BCUT2D eigenvalue weighted by atomic mass is 9.98. The van der Waals surface area contributed by atoms with Crippen LogP contribution in [0.5, 0.6) is 0 Å². The lowest BCUT2D eigenvalue weighted by molar-refractivity contribution is 0.611. The third-order valence-corrected chi connectivity index (χ3v) is 4.98. The van der Waals surface area contributed by atoms with E-state index >= 15 is 0 Å². The second-order valence-electron chi connectivity index (χ2n) is 6.51. The molecule has 3 aromatic rings. The zero-order chi connectivity index (χ0) is 17.4. The van der Waals surface area contributed by atoms with Crippen molar-refractivity contribution in [3.8, 4) is 0 Å². The van der Waals surface area contributed by atoms with Gasteiger partial charge in [-0.05, 0) is 40.8 Å². The first-order valence-corrected chi connectivity index (χ1v) is 9.15. The SMILES string of the molecule is CC(C)c1ccc(C2=C[C@@H](c3cccc(Br)c3)n3ncnc3N2)cc1. The normalized spacial score (nSPS) is 16.3. The van der Waals surface area contributed by atoms with Gasteiger partial charge in [-0.15, -0.1) is 0 Å². The standard InChI is InChI=1S/C20H19BrN4/c1-13(2)14-6-8-15(9-7-14)18-11-19(16-4-3-5-17(21)10-16)25-20(24-18)22-12-23-25/h3-13,19H,1-2H3,(H,22,23,24)/t19-/m0/s1. The van der Waals surface area contributed by atoms with Crippen LogP contribution in [0.3, 0.4) is 0 Å². The highest BCUT2D eigenvalue weighted by molar-refractivity contribution is 9.10. The maximum absolute atomic E-state index is 4.39. The maximum Gasteiger partial charge on any atom is 0.226 e. The molecular formula is C20H19BrN4. The van der Waals surface area contributed by atoms with Gasteiger partial charge in [0, 0.05) is 10.2 Å². The zero-order valence-corrected chi connectivity index (χ0v) is 15.7. The first kappa shape index (κ1) is 16.1. The molecule has 5 heteroatoms. The molecule has 1 aliphatic rings. The Morgan fingerprint density at radius 2 is 1.92 bits per heavy atom. The Labute approximate surface area is 155 Å². The van der Waals surface area contributed by atoms with E-state index < -0.39 is 0 Å². The number of hydrogen-bond donors (Lipinski definition) is 1. The van der Waals surface area contributed by atoms with E-state index in [1.54, 1.807) is 6.33 Å². The number of allylic oxidation sites excluding steroid dienone is 1. The lowest BCUT2D eigenvalue weighted by Crippen LogP contribution is -2.20. The van der Waals surface area contributed by atoms with Crippen molar-refractivity contribution in [3.05, 3.63) is 82.1 Å². The third kappa shape index (κ3) is 3.12. The quantitative estimate of drug-likeness (QED) is 0.661. The van der Waals surface area contributed by atoms with Gasteiger partial charge in [0.1, 0.15) is 12.4 Å². The molecule has 2 heterocycles. The summed E-state index contributed by atoms with van der Waals surface area (Å²) in [6, 6.07) is 17.0. The van der Waals surface area contributed by atoms with Crippen LogP contribution in [0.2, 0.25) is 0 Å². The largest absolute Gasteiger partial charge is 0.324 e. The van der Waals surface area contributed by atoms with Crippen molar-refractivity contribution < 1.29 is 0 Å². The molecular weight excluding hydrogens is 376 g/mol. The Hall–Kier alpha value is -2.40. The number of hydrogen-bond acceptors (Lipinski definition) is 3. The van der Waals surface area contributed by atoms with Gasteiger partial charge >= 0.3 is 0 Å². The predicted octanol–water partition coefficient (Wildman–Crippen LogP) is 5.22. The van der Waals surface area contributed by atoms with Crippen LogP contribution in [0.15, 0.2) is 65.4 Å². The van der Waals surface area contributed by atoms with Gasteiger partial charge < -0.3 is 5.32 Å². The van der Waals surface area contributed by atoms with E-state index in [1.165, 1.54) is 11.1 Å². The Balaban J connectivity index is 1.76. The van der Waals surface area contributed by atoms with Crippen LogP contribution in [0.4, 0.5) is 5.95 Å². The second kappa shape index (κ2) is 6.48. The number of halogens is 1. The van der Waals surface area contributed by atoms with Crippen molar-refractivity contribution >= 4 is 27.6 Å². The minimum absolute atomic E-state index is 0.0102. The highest BCUT2D eigenvalue weighted by Gasteiger charge is 2.23. The van der Waals surface area contributed by atoms with Crippen LogP contribution in [0.25, 0.3) is 5.70 Å². The average molecular weight is 395 g/mol. The molecule has 2 aromatic carbocycles. The lowest BCUT2D eigenvalue weighted by Gasteiger charge is -2.24. The molecule has 0 saturated heterocycles. The molecule has 126 valence electrons. The van der Waals surface area contributed by atoms with Crippen LogP contribution in [-0.4, -0.2) is 14.8 Å². The van der Waals surface area contributed by atoms with E-state index in [0.717, 1.165) is 21.7 Å². The van der Waals surface area contributed by atoms with Crippen LogP contribution in [0, 0.1) is 0 Å². The Bertz CT molecular complexity index is 925. The summed E-state index contributed by atoms with van der Waals surface area (Å²) < 4.78 is 2.97. The number of aromatic nitrogens is 3. The van der Waals surface area contributed by atoms with Crippen molar-refractivity contribution in [2.45, 2.75) is 25.8 Å². The van der Waals surface area contributed by atoms with Crippen molar-refractivity contribution in [3.63, 3.8) is 0 Å². The van der Waals surface area contributed by atoms with E-state index in [2.05, 4.69) is 87.7 Å². The molecule has 0 saturated carbocycles. The summed E-state index contributed by atoms with van der Waals surface area (Å²) in [6.45, 7) is 4.41. The van der Waals surface area contributed by atoms with E-state index in [-0.39, 0.29) is 6.04 Å². The van der Waals surface area contributed by atoms with E-state index in [0.29, 0.717) is 5.92 Å².